The van der Waals surface area contributed by atoms with E-state index in [1.165, 1.54) is 11.3 Å². The average molecular weight is 429 g/mol. The summed E-state index contributed by atoms with van der Waals surface area (Å²) >= 11 is 7.31. The molecule has 3 aromatic rings. The molecule has 1 aliphatic heterocycles. The van der Waals surface area contributed by atoms with Crippen LogP contribution in [0.15, 0.2) is 68.3 Å². The first-order valence-corrected chi connectivity index (χ1v) is 10.2. The van der Waals surface area contributed by atoms with Gasteiger partial charge in [0.2, 0.25) is 0 Å². The molecule has 0 saturated carbocycles. The molecule has 8 heteroatoms. The lowest BCUT2D eigenvalue weighted by atomic mass is 9.96. The number of benzene rings is 1. The first-order chi connectivity index (χ1) is 14.0. The first kappa shape index (κ1) is 19.4. The quantitative estimate of drug-likeness (QED) is 0.599. The molecule has 2 aromatic heterocycles. The number of thiazole rings is 1. The predicted molar refractivity (Wildman–Crippen MR) is 111 cm³/mol. The molecule has 0 spiro atoms. The van der Waals surface area contributed by atoms with Gasteiger partial charge < -0.3 is 9.15 Å². The zero-order chi connectivity index (χ0) is 20.5. The highest BCUT2D eigenvalue weighted by molar-refractivity contribution is 7.07. The number of allylic oxidation sites excluding steroid dienone is 1. The number of halogens is 1. The van der Waals surface area contributed by atoms with E-state index in [-0.39, 0.29) is 12.2 Å². The Morgan fingerprint density at radius 3 is 2.76 bits per heavy atom. The van der Waals surface area contributed by atoms with E-state index in [0.717, 1.165) is 11.1 Å². The molecule has 0 fully saturated rings. The molecule has 6 nitrogen and oxygen atoms in total. The SMILES string of the molecule is CCOC(=O)C1=C(C)N=c2s/c(=C/c3ccoc3)c(=O)n2[C@H]1c1ccc(Cl)cc1. The van der Waals surface area contributed by atoms with Crippen LogP contribution in [-0.2, 0) is 9.53 Å². The van der Waals surface area contributed by atoms with Gasteiger partial charge in [0, 0.05) is 10.6 Å². The molecule has 0 aliphatic carbocycles. The van der Waals surface area contributed by atoms with Gasteiger partial charge in [0.25, 0.3) is 5.56 Å². The Kier molecular flexibility index (Phi) is 5.25. The van der Waals surface area contributed by atoms with Crippen molar-refractivity contribution in [2.45, 2.75) is 19.9 Å². The third-order valence-corrected chi connectivity index (χ3v) is 5.78. The van der Waals surface area contributed by atoms with Crippen molar-refractivity contribution in [3.63, 3.8) is 0 Å². The van der Waals surface area contributed by atoms with E-state index >= 15 is 0 Å². The molecule has 29 heavy (non-hydrogen) atoms. The summed E-state index contributed by atoms with van der Waals surface area (Å²) in [6, 6.07) is 8.20. The standard InChI is InChI=1S/C21H17ClN2O4S/c1-3-28-20(26)17-12(2)23-21-24(18(17)14-4-6-15(22)7-5-14)19(25)16(29-21)10-13-8-9-27-11-13/h4-11,18H,3H2,1-2H3/b16-10+/t18-/m0/s1. The van der Waals surface area contributed by atoms with Crippen LogP contribution in [0, 0.1) is 0 Å². The Labute approximate surface area is 175 Å². The summed E-state index contributed by atoms with van der Waals surface area (Å²) in [4.78, 5) is 31.1. The van der Waals surface area contributed by atoms with Gasteiger partial charge in [0.1, 0.15) is 0 Å². The van der Waals surface area contributed by atoms with Crippen molar-refractivity contribution in [3.8, 4) is 0 Å². The summed E-state index contributed by atoms with van der Waals surface area (Å²) in [7, 11) is 0. The Morgan fingerprint density at radius 2 is 2.10 bits per heavy atom. The highest BCUT2D eigenvalue weighted by Gasteiger charge is 2.33. The van der Waals surface area contributed by atoms with E-state index in [0.29, 0.717) is 25.6 Å². The molecule has 1 aromatic carbocycles. The van der Waals surface area contributed by atoms with Gasteiger partial charge in [0.05, 0.1) is 41.0 Å². The molecular formula is C21H17ClN2O4S. The van der Waals surface area contributed by atoms with Crippen LogP contribution >= 0.6 is 22.9 Å². The zero-order valence-corrected chi connectivity index (χ0v) is 17.3. The fourth-order valence-corrected chi connectivity index (χ4v) is 4.43. The second-order valence-electron chi connectivity index (χ2n) is 6.41. The van der Waals surface area contributed by atoms with Gasteiger partial charge in [0.15, 0.2) is 4.80 Å². The summed E-state index contributed by atoms with van der Waals surface area (Å²) in [5, 5.41) is 0.569. The molecule has 3 heterocycles. The Bertz CT molecular complexity index is 1270. The van der Waals surface area contributed by atoms with E-state index in [9.17, 15) is 9.59 Å². The highest BCUT2D eigenvalue weighted by Crippen LogP contribution is 2.31. The summed E-state index contributed by atoms with van der Waals surface area (Å²) in [6.07, 6.45) is 4.85. The molecule has 0 saturated heterocycles. The first-order valence-electron chi connectivity index (χ1n) is 8.97. The summed E-state index contributed by atoms with van der Waals surface area (Å²) in [5.74, 6) is -0.488. The smallest absolute Gasteiger partial charge is 0.338 e. The molecule has 0 bridgehead atoms. The lowest BCUT2D eigenvalue weighted by Crippen LogP contribution is -2.39. The van der Waals surface area contributed by atoms with Crippen LogP contribution < -0.4 is 14.9 Å². The number of fused-ring (bicyclic) bond motifs is 1. The number of aromatic nitrogens is 1. The minimum Gasteiger partial charge on any atom is -0.472 e. The van der Waals surface area contributed by atoms with Gasteiger partial charge in [-0.1, -0.05) is 35.1 Å². The number of hydrogen-bond donors (Lipinski definition) is 0. The van der Waals surface area contributed by atoms with Crippen molar-refractivity contribution in [1.29, 1.82) is 0 Å². The van der Waals surface area contributed by atoms with Crippen LogP contribution in [0.5, 0.6) is 0 Å². The van der Waals surface area contributed by atoms with Gasteiger partial charge in [-0.15, -0.1) is 0 Å². The molecule has 0 amide bonds. The highest BCUT2D eigenvalue weighted by atomic mass is 35.5. The summed E-state index contributed by atoms with van der Waals surface area (Å²) in [6.45, 7) is 3.72. The second kappa shape index (κ2) is 7.85. The predicted octanol–water partition coefficient (Wildman–Crippen LogP) is 3.04. The molecular weight excluding hydrogens is 412 g/mol. The number of nitrogens with zero attached hydrogens (tertiary/aromatic N) is 2. The summed E-state index contributed by atoms with van der Waals surface area (Å²) in [5.41, 5.74) is 2.17. The minimum absolute atomic E-state index is 0.230. The van der Waals surface area contributed by atoms with Crippen molar-refractivity contribution in [1.82, 2.24) is 4.57 Å². The van der Waals surface area contributed by atoms with Crippen molar-refractivity contribution < 1.29 is 13.9 Å². The molecule has 0 unspecified atom stereocenters. The number of furan rings is 1. The Hall–Kier alpha value is -2.90. The molecule has 1 aliphatic rings. The number of esters is 1. The zero-order valence-electron chi connectivity index (χ0n) is 15.7. The van der Waals surface area contributed by atoms with Crippen molar-refractivity contribution >= 4 is 35.0 Å². The van der Waals surface area contributed by atoms with Gasteiger partial charge in [-0.25, -0.2) is 9.79 Å². The maximum absolute atomic E-state index is 13.3. The fraction of sp³-hybridized carbons (Fsp3) is 0.190. The van der Waals surface area contributed by atoms with Crippen molar-refractivity contribution in [3.05, 3.63) is 90.0 Å². The minimum atomic E-state index is -0.644. The second-order valence-corrected chi connectivity index (χ2v) is 7.86. The van der Waals surface area contributed by atoms with Crippen LogP contribution in [0.3, 0.4) is 0 Å². The number of rotatable bonds is 4. The van der Waals surface area contributed by atoms with Gasteiger partial charge in [-0.2, -0.15) is 0 Å². The van der Waals surface area contributed by atoms with Gasteiger partial charge in [-0.05, 0) is 43.7 Å². The monoisotopic (exact) mass is 428 g/mol. The van der Waals surface area contributed by atoms with Gasteiger partial charge >= 0.3 is 5.97 Å². The van der Waals surface area contributed by atoms with Crippen LogP contribution in [0.25, 0.3) is 6.08 Å². The van der Waals surface area contributed by atoms with E-state index in [4.69, 9.17) is 20.8 Å². The van der Waals surface area contributed by atoms with E-state index < -0.39 is 12.0 Å². The van der Waals surface area contributed by atoms with Crippen molar-refractivity contribution in [2.24, 2.45) is 4.99 Å². The van der Waals surface area contributed by atoms with Gasteiger partial charge in [-0.3, -0.25) is 9.36 Å². The van der Waals surface area contributed by atoms with Crippen LogP contribution in [0.1, 0.15) is 31.0 Å². The molecule has 148 valence electrons. The number of carbonyl (C=O) groups excluding carboxylic acids is 1. The van der Waals surface area contributed by atoms with Crippen LogP contribution in [-0.4, -0.2) is 17.1 Å². The third kappa shape index (κ3) is 3.59. The topological polar surface area (TPSA) is 73.8 Å². The number of hydrogen-bond acceptors (Lipinski definition) is 6. The van der Waals surface area contributed by atoms with E-state index in [1.807, 2.05) is 0 Å². The third-order valence-electron chi connectivity index (χ3n) is 4.54. The summed E-state index contributed by atoms with van der Waals surface area (Å²) < 4.78 is 12.4. The molecule has 0 N–H and O–H groups in total. The van der Waals surface area contributed by atoms with E-state index in [2.05, 4.69) is 4.99 Å². The Balaban J connectivity index is 1.97. The lowest BCUT2D eigenvalue weighted by Gasteiger charge is -2.24. The molecule has 4 rings (SSSR count). The van der Waals surface area contributed by atoms with Crippen molar-refractivity contribution in [2.75, 3.05) is 6.61 Å². The number of carbonyl (C=O) groups is 1. The maximum atomic E-state index is 13.3. The Morgan fingerprint density at radius 1 is 1.34 bits per heavy atom. The average Bonchev–Trinajstić information content (AvgIpc) is 3.30. The normalized spacial score (nSPS) is 16.5. The molecule has 0 radical (unpaired) electrons. The molecule has 1 atom stereocenters. The van der Waals surface area contributed by atoms with Crippen LogP contribution in [0.4, 0.5) is 0 Å². The largest absolute Gasteiger partial charge is 0.472 e. The fourth-order valence-electron chi connectivity index (χ4n) is 3.26. The van der Waals surface area contributed by atoms with Crippen LogP contribution in [0.2, 0.25) is 5.02 Å². The number of ether oxygens (including phenoxy) is 1. The maximum Gasteiger partial charge on any atom is 0.338 e. The van der Waals surface area contributed by atoms with E-state index in [1.54, 1.807) is 67.3 Å². The lowest BCUT2D eigenvalue weighted by molar-refractivity contribution is -0.139.